The molecule has 0 saturated heterocycles. The molecule has 0 unspecified atom stereocenters. The maximum atomic E-state index is 12.4. The summed E-state index contributed by atoms with van der Waals surface area (Å²) in [6, 6.07) is 9.24. The number of halogens is 1. The van der Waals surface area contributed by atoms with Gasteiger partial charge < -0.3 is 10.6 Å². The van der Waals surface area contributed by atoms with Crippen molar-refractivity contribution < 1.29 is 4.79 Å². The third kappa shape index (κ3) is 3.95. The number of rotatable bonds is 5. The fourth-order valence-electron chi connectivity index (χ4n) is 1.92. The van der Waals surface area contributed by atoms with Gasteiger partial charge in [0, 0.05) is 12.2 Å². The highest BCUT2D eigenvalue weighted by molar-refractivity contribution is 6.30. The van der Waals surface area contributed by atoms with Crippen LogP contribution in [0.1, 0.15) is 29.3 Å². The summed E-state index contributed by atoms with van der Waals surface area (Å²) >= 11 is 5.88. The van der Waals surface area contributed by atoms with E-state index in [1.165, 1.54) is 0 Å². The largest absolute Gasteiger partial charge is 0.384 e. The minimum absolute atomic E-state index is 0.169. The van der Waals surface area contributed by atoms with Gasteiger partial charge in [-0.3, -0.25) is 4.79 Å². The number of nitrogens with zero attached hydrogens (tertiary/aromatic N) is 1. The molecule has 1 heterocycles. The molecule has 4 nitrogen and oxygen atoms in total. The Hall–Kier alpha value is -2.07. The molecular formula is C16H18ClN3O. The van der Waals surface area contributed by atoms with Crippen LogP contribution in [-0.4, -0.2) is 17.4 Å². The number of carbonyl (C=O) groups is 1. The first-order valence-electron chi connectivity index (χ1n) is 6.88. The van der Waals surface area contributed by atoms with Gasteiger partial charge in [0.25, 0.3) is 5.91 Å². The summed E-state index contributed by atoms with van der Waals surface area (Å²) in [5.41, 5.74) is 2.90. The summed E-state index contributed by atoms with van der Waals surface area (Å²) in [6.45, 7) is 4.76. The zero-order valence-corrected chi connectivity index (χ0v) is 12.9. The number of hydrogen-bond donors (Lipinski definition) is 2. The summed E-state index contributed by atoms with van der Waals surface area (Å²) in [5.74, 6) is -0.169. The lowest BCUT2D eigenvalue weighted by Crippen LogP contribution is -2.15. The predicted octanol–water partition coefficient (Wildman–Crippen LogP) is 4.12. The molecule has 0 fully saturated rings. The molecule has 0 radical (unpaired) electrons. The standard InChI is InChI=1S/C16H18ClN3O/c1-3-8-18-14-7-5-4-6-13(14)16(21)20-12-9-11(2)15(17)19-10-12/h4-7,9-10,18H,3,8H2,1-2H3,(H,20,21). The third-order valence-corrected chi connectivity index (χ3v) is 3.41. The van der Waals surface area contributed by atoms with Crippen molar-refractivity contribution in [1.29, 1.82) is 0 Å². The van der Waals surface area contributed by atoms with Crippen molar-refractivity contribution >= 4 is 28.9 Å². The maximum Gasteiger partial charge on any atom is 0.257 e. The highest BCUT2D eigenvalue weighted by Gasteiger charge is 2.11. The second-order valence-corrected chi connectivity index (χ2v) is 5.12. The molecule has 1 aromatic carbocycles. The van der Waals surface area contributed by atoms with Crippen molar-refractivity contribution in [2.45, 2.75) is 20.3 Å². The molecule has 21 heavy (non-hydrogen) atoms. The SMILES string of the molecule is CCCNc1ccccc1C(=O)Nc1cnc(Cl)c(C)c1. The van der Waals surface area contributed by atoms with Crippen molar-refractivity contribution in [3.63, 3.8) is 0 Å². The number of anilines is 2. The monoisotopic (exact) mass is 303 g/mol. The molecule has 2 rings (SSSR count). The first-order chi connectivity index (χ1) is 10.1. The average Bonchev–Trinajstić information content (AvgIpc) is 2.49. The predicted molar refractivity (Wildman–Crippen MR) is 87.2 cm³/mol. The third-order valence-electron chi connectivity index (χ3n) is 3.01. The van der Waals surface area contributed by atoms with Crippen LogP contribution < -0.4 is 10.6 Å². The number of hydrogen-bond acceptors (Lipinski definition) is 3. The molecular weight excluding hydrogens is 286 g/mol. The molecule has 110 valence electrons. The van der Waals surface area contributed by atoms with E-state index in [0.717, 1.165) is 24.2 Å². The van der Waals surface area contributed by atoms with Crippen LogP contribution in [0, 0.1) is 6.92 Å². The Balaban J connectivity index is 2.18. The normalized spacial score (nSPS) is 10.2. The summed E-state index contributed by atoms with van der Waals surface area (Å²) in [7, 11) is 0. The Kier molecular flexibility index (Phi) is 5.17. The Morgan fingerprint density at radius 1 is 1.33 bits per heavy atom. The van der Waals surface area contributed by atoms with Crippen LogP contribution in [-0.2, 0) is 0 Å². The highest BCUT2D eigenvalue weighted by atomic mass is 35.5. The lowest BCUT2D eigenvalue weighted by atomic mass is 10.1. The lowest BCUT2D eigenvalue weighted by molar-refractivity contribution is 0.102. The zero-order chi connectivity index (χ0) is 15.2. The Morgan fingerprint density at radius 3 is 2.81 bits per heavy atom. The molecule has 0 saturated carbocycles. The Morgan fingerprint density at radius 2 is 2.10 bits per heavy atom. The summed E-state index contributed by atoms with van der Waals surface area (Å²) in [5, 5.41) is 6.54. The van der Waals surface area contributed by atoms with Crippen molar-refractivity contribution in [3.05, 3.63) is 52.8 Å². The summed E-state index contributed by atoms with van der Waals surface area (Å²) in [6.07, 6.45) is 2.55. The van der Waals surface area contributed by atoms with Gasteiger partial charge >= 0.3 is 0 Å². The quantitative estimate of drug-likeness (QED) is 0.817. The van der Waals surface area contributed by atoms with E-state index in [9.17, 15) is 4.79 Å². The molecule has 2 aromatic rings. The van der Waals surface area contributed by atoms with Crippen molar-refractivity contribution in [1.82, 2.24) is 4.98 Å². The first-order valence-corrected chi connectivity index (χ1v) is 7.26. The van der Waals surface area contributed by atoms with Crippen molar-refractivity contribution in [2.24, 2.45) is 0 Å². The lowest BCUT2D eigenvalue weighted by Gasteiger charge is -2.12. The molecule has 0 spiro atoms. The topological polar surface area (TPSA) is 54.0 Å². The molecule has 2 N–H and O–H groups in total. The number of nitrogens with one attached hydrogen (secondary N) is 2. The van der Waals surface area contributed by atoms with E-state index in [1.54, 1.807) is 18.3 Å². The van der Waals surface area contributed by atoms with Gasteiger partial charge in [-0.15, -0.1) is 0 Å². The van der Waals surface area contributed by atoms with Gasteiger partial charge in [-0.2, -0.15) is 0 Å². The smallest absolute Gasteiger partial charge is 0.257 e. The van der Waals surface area contributed by atoms with Crippen LogP contribution in [0.15, 0.2) is 36.5 Å². The maximum absolute atomic E-state index is 12.4. The van der Waals surface area contributed by atoms with E-state index in [0.29, 0.717) is 16.4 Å². The Labute approximate surface area is 129 Å². The zero-order valence-electron chi connectivity index (χ0n) is 12.1. The molecule has 0 aliphatic carbocycles. The van der Waals surface area contributed by atoms with E-state index >= 15 is 0 Å². The van der Waals surface area contributed by atoms with E-state index in [-0.39, 0.29) is 5.91 Å². The van der Waals surface area contributed by atoms with Crippen LogP contribution in [0.2, 0.25) is 5.15 Å². The fourth-order valence-corrected chi connectivity index (χ4v) is 2.02. The molecule has 1 aromatic heterocycles. The number of amides is 1. The number of carbonyl (C=O) groups excluding carboxylic acids is 1. The highest BCUT2D eigenvalue weighted by Crippen LogP contribution is 2.19. The number of para-hydroxylation sites is 1. The second kappa shape index (κ2) is 7.09. The van der Waals surface area contributed by atoms with Crippen LogP contribution in [0.25, 0.3) is 0 Å². The number of benzene rings is 1. The van der Waals surface area contributed by atoms with Crippen molar-refractivity contribution in [3.8, 4) is 0 Å². The van der Waals surface area contributed by atoms with Gasteiger partial charge in [0.15, 0.2) is 0 Å². The molecule has 0 aliphatic rings. The summed E-state index contributed by atoms with van der Waals surface area (Å²) < 4.78 is 0. The minimum Gasteiger partial charge on any atom is -0.384 e. The van der Waals surface area contributed by atoms with E-state index < -0.39 is 0 Å². The fraction of sp³-hybridized carbons (Fsp3) is 0.250. The first kappa shape index (κ1) is 15.3. The Bertz CT molecular complexity index is 643. The number of aromatic nitrogens is 1. The molecule has 0 bridgehead atoms. The van der Waals surface area contributed by atoms with Gasteiger partial charge in [0.05, 0.1) is 17.4 Å². The number of pyridine rings is 1. The molecule has 0 aliphatic heterocycles. The molecule has 5 heteroatoms. The van der Waals surface area contributed by atoms with E-state index in [4.69, 9.17) is 11.6 Å². The van der Waals surface area contributed by atoms with E-state index in [1.807, 2.05) is 25.1 Å². The van der Waals surface area contributed by atoms with Gasteiger partial charge in [-0.1, -0.05) is 30.7 Å². The molecule has 1 amide bonds. The van der Waals surface area contributed by atoms with E-state index in [2.05, 4.69) is 22.5 Å². The van der Waals surface area contributed by atoms with Crippen LogP contribution in [0.5, 0.6) is 0 Å². The van der Waals surface area contributed by atoms with Gasteiger partial charge in [-0.25, -0.2) is 4.98 Å². The van der Waals surface area contributed by atoms with Gasteiger partial charge in [0.2, 0.25) is 0 Å². The van der Waals surface area contributed by atoms with Crippen LogP contribution >= 0.6 is 11.6 Å². The second-order valence-electron chi connectivity index (χ2n) is 4.76. The average molecular weight is 304 g/mol. The van der Waals surface area contributed by atoms with Crippen molar-refractivity contribution in [2.75, 3.05) is 17.2 Å². The number of aryl methyl sites for hydroxylation is 1. The van der Waals surface area contributed by atoms with Crippen LogP contribution in [0.4, 0.5) is 11.4 Å². The van der Waals surface area contributed by atoms with Gasteiger partial charge in [-0.05, 0) is 37.1 Å². The summed E-state index contributed by atoms with van der Waals surface area (Å²) in [4.78, 5) is 16.4. The minimum atomic E-state index is -0.169. The van der Waals surface area contributed by atoms with Gasteiger partial charge in [0.1, 0.15) is 5.15 Å². The van der Waals surface area contributed by atoms with Crippen LogP contribution in [0.3, 0.4) is 0 Å². The molecule has 0 atom stereocenters.